The van der Waals surface area contributed by atoms with Gasteiger partial charge in [-0.05, 0) is 19.8 Å². The molecular formula is C12H19NO. The second kappa shape index (κ2) is 3.85. The first-order valence-corrected chi connectivity index (χ1v) is 5.71. The van der Waals surface area contributed by atoms with Gasteiger partial charge in [-0.15, -0.1) is 0 Å². The number of carbonyl (C=O) groups is 1. The summed E-state index contributed by atoms with van der Waals surface area (Å²) in [5, 5.41) is 3.46. The fourth-order valence-electron chi connectivity index (χ4n) is 2.81. The summed E-state index contributed by atoms with van der Waals surface area (Å²) < 4.78 is 0. The maximum atomic E-state index is 12.2. The van der Waals surface area contributed by atoms with Crippen LogP contribution in [0, 0.1) is 5.92 Å². The van der Waals surface area contributed by atoms with Crippen LogP contribution in [0.15, 0.2) is 12.2 Å². The molecule has 2 aliphatic rings. The van der Waals surface area contributed by atoms with E-state index >= 15 is 0 Å². The minimum atomic E-state index is -0.136. The molecule has 1 N–H and O–H groups in total. The smallest absolute Gasteiger partial charge is 0.160 e. The van der Waals surface area contributed by atoms with E-state index in [0.717, 1.165) is 19.4 Å². The second-order valence-corrected chi connectivity index (χ2v) is 4.52. The van der Waals surface area contributed by atoms with Gasteiger partial charge in [0.15, 0.2) is 5.78 Å². The first-order valence-electron chi connectivity index (χ1n) is 5.71. The summed E-state index contributed by atoms with van der Waals surface area (Å²) in [6.45, 7) is 2.84. The van der Waals surface area contributed by atoms with Gasteiger partial charge in [-0.2, -0.15) is 0 Å². The molecule has 1 unspecified atom stereocenters. The number of carbonyl (C=O) groups excluding carboxylic acids is 1. The number of Topliss-reactive ketones (excluding diaryl/α,β-unsaturated/α-hetero) is 1. The summed E-state index contributed by atoms with van der Waals surface area (Å²) >= 11 is 0. The second-order valence-electron chi connectivity index (χ2n) is 4.52. The van der Waals surface area contributed by atoms with Gasteiger partial charge >= 0.3 is 0 Å². The lowest BCUT2D eigenvalue weighted by molar-refractivity contribution is -0.125. The van der Waals surface area contributed by atoms with Crippen LogP contribution in [0.5, 0.6) is 0 Å². The van der Waals surface area contributed by atoms with E-state index in [-0.39, 0.29) is 11.5 Å². The lowest BCUT2D eigenvalue weighted by Crippen LogP contribution is -2.47. The van der Waals surface area contributed by atoms with Crippen molar-refractivity contribution < 1.29 is 4.79 Å². The molecule has 0 aromatic carbocycles. The molecule has 1 aliphatic heterocycles. The van der Waals surface area contributed by atoms with Gasteiger partial charge in [-0.25, -0.2) is 0 Å². The van der Waals surface area contributed by atoms with Crippen molar-refractivity contribution in [2.45, 2.75) is 44.6 Å². The van der Waals surface area contributed by atoms with Gasteiger partial charge in [0.2, 0.25) is 0 Å². The monoisotopic (exact) mass is 193 g/mol. The van der Waals surface area contributed by atoms with Gasteiger partial charge in [0.1, 0.15) is 0 Å². The normalized spacial score (nSPS) is 31.8. The molecule has 1 saturated heterocycles. The first kappa shape index (κ1) is 9.91. The van der Waals surface area contributed by atoms with Crippen molar-refractivity contribution in [2.75, 3.05) is 6.54 Å². The highest BCUT2D eigenvalue weighted by atomic mass is 16.1. The Labute approximate surface area is 85.8 Å². The topological polar surface area (TPSA) is 29.1 Å². The largest absolute Gasteiger partial charge is 0.304 e. The van der Waals surface area contributed by atoms with Crippen LogP contribution in [0.3, 0.4) is 0 Å². The Bertz CT molecular complexity index is 251. The third kappa shape index (κ3) is 1.52. The van der Waals surface area contributed by atoms with Crippen LogP contribution in [0.4, 0.5) is 0 Å². The van der Waals surface area contributed by atoms with E-state index in [1.54, 1.807) is 0 Å². The zero-order valence-corrected chi connectivity index (χ0v) is 8.88. The van der Waals surface area contributed by atoms with E-state index in [0.29, 0.717) is 5.78 Å². The van der Waals surface area contributed by atoms with E-state index in [1.165, 1.54) is 19.3 Å². The third-order valence-electron chi connectivity index (χ3n) is 3.60. The van der Waals surface area contributed by atoms with Gasteiger partial charge in [0.25, 0.3) is 0 Å². The maximum Gasteiger partial charge on any atom is 0.160 e. The summed E-state index contributed by atoms with van der Waals surface area (Å²) in [5.74, 6) is 0.577. The number of ketones is 1. The van der Waals surface area contributed by atoms with Crippen molar-refractivity contribution in [2.24, 2.45) is 5.92 Å². The SMILES string of the molecule is CC=CC1CNC2(CCCCC2)C1=O. The number of nitrogens with one attached hydrogen (secondary N) is 1. The molecule has 2 rings (SSSR count). The lowest BCUT2D eigenvalue weighted by atomic mass is 9.78. The number of hydrogen-bond donors (Lipinski definition) is 1. The summed E-state index contributed by atoms with van der Waals surface area (Å²) in [4.78, 5) is 12.2. The van der Waals surface area contributed by atoms with Gasteiger partial charge in [0, 0.05) is 6.54 Å². The molecule has 2 heteroatoms. The molecule has 0 bridgehead atoms. The molecule has 14 heavy (non-hydrogen) atoms. The van der Waals surface area contributed by atoms with Crippen LogP contribution in [0.25, 0.3) is 0 Å². The zero-order chi connectivity index (χ0) is 10.0. The average Bonchev–Trinajstić information content (AvgIpc) is 2.50. The number of rotatable bonds is 1. The maximum absolute atomic E-state index is 12.2. The summed E-state index contributed by atoms with van der Waals surface area (Å²) in [6, 6.07) is 0. The van der Waals surface area contributed by atoms with Crippen LogP contribution in [-0.2, 0) is 4.79 Å². The summed E-state index contributed by atoms with van der Waals surface area (Å²) in [5.41, 5.74) is -0.136. The van der Waals surface area contributed by atoms with Crippen LogP contribution in [0.2, 0.25) is 0 Å². The molecule has 0 amide bonds. The molecule has 1 aliphatic carbocycles. The van der Waals surface area contributed by atoms with Gasteiger partial charge in [0.05, 0.1) is 11.5 Å². The van der Waals surface area contributed by atoms with Crippen molar-refractivity contribution in [3.63, 3.8) is 0 Å². The number of allylic oxidation sites excluding steroid dienone is 1. The minimum absolute atomic E-state index is 0.136. The third-order valence-corrected chi connectivity index (χ3v) is 3.60. The van der Waals surface area contributed by atoms with E-state index in [2.05, 4.69) is 5.32 Å². The Balaban J connectivity index is 2.11. The molecule has 1 spiro atoms. The standard InChI is InChI=1S/C12H19NO/c1-2-6-10-9-13-12(11(10)14)7-4-3-5-8-12/h2,6,10,13H,3-5,7-9H2,1H3. The Kier molecular flexibility index (Phi) is 2.73. The zero-order valence-electron chi connectivity index (χ0n) is 8.88. The first-order chi connectivity index (χ1) is 6.78. The summed E-state index contributed by atoms with van der Waals surface area (Å²) in [6.07, 6.45) is 9.86. The minimum Gasteiger partial charge on any atom is -0.304 e. The Hall–Kier alpha value is -0.630. The van der Waals surface area contributed by atoms with Gasteiger partial charge in [-0.1, -0.05) is 31.4 Å². The quantitative estimate of drug-likeness (QED) is 0.646. The van der Waals surface area contributed by atoms with Crippen molar-refractivity contribution in [1.29, 1.82) is 0 Å². The highest BCUT2D eigenvalue weighted by molar-refractivity contribution is 5.94. The molecule has 1 atom stereocenters. The molecule has 0 aromatic rings. The van der Waals surface area contributed by atoms with Gasteiger partial charge < -0.3 is 5.32 Å². The van der Waals surface area contributed by atoms with Crippen molar-refractivity contribution in [3.8, 4) is 0 Å². The molecule has 0 aromatic heterocycles. The average molecular weight is 193 g/mol. The Morgan fingerprint density at radius 1 is 1.36 bits per heavy atom. The Morgan fingerprint density at radius 2 is 2.07 bits per heavy atom. The van der Waals surface area contributed by atoms with Crippen LogP contribution in [-0.4, -0.2) is 17.9 Å². The van der Waals surface area contributed by atoms with Crippen LogP contribution in [0.1, 0.15) is 39.0 Å². The van der Waals surface area contributed by atoms with E-state index in [4.69, 9.17) is 0 Å². The van der Waals surface area contributed by atoms with Crippen molar-refractivity contribution in [3.05, 3.63) is 12.2 Å². The molecular weight excluding hydrogens is 174 g/mol. The fourth-order valence-corrected chi connectivity index (χ4v) is 2.81. The predicted octanol–water partition coefficient (Wildman–Crippen LogP) is 2.05. The fraction of sp³-hybridized carbons (Fsp3) is 0.750. The lowest BCUT2D eigenvalue weighted by Gasteiger charge is -2.32. The van der Waals surface area contributed by atoms with E-state index in [1.807, 2.05) is 19.1 Å². The highest BCUT2D eigenvalue weighted by Gasteiger charge is 2.46. The number of hydrogen-bond acceptors (Lipinski definition) is 2. The Morgan fingerprint density at radius 3 is 2.71 bits per heavy atom. The van der Waals surface area contributed by atoms with E-state index < -0.39 is 0 Å². The van der Waals surface area contributed by atoms with Crippen LogP contribution < -0.4 is 5.32 Å². The molecule has 2 nitrogen and oxygen atoms in total. The molecule has 1 saturated carbocycles. The summed E-state index contributed by atoms with van der Waals surface area (Å²) in [7, 11) is 0. The molecule has 78 valence electrons. The van der Waals surface area contributed by atoms with Crippen molar-refractivity contribution in [1.82, 2.24) is 5.32 Å². The van der Waals surface area contributed by atoms with Gasteiger partial charge in [-0.3, -0.25) is 4.79 Å². The van der Waals surface area contributed by atoms with Crippen LogP contribution >= 0.6 is 0 Å². The highest BCUT2D eigenvalue weighted by Crippen LogP contribution is 2.35. The predicted molar refractivity (Wildman–Crippen MR) is 57.1 cm³/mol. The molecule has 2 fully saturated rings. The van der Waals surface area contributed by atoms with E-state index in [9.17, 15) is 4.79 Å². The molecule has 0 radical (unpaired) electrons. The molecule has 1 heterocycles. The van der Waals surface area contributed by atoms with Crippen molar-refractivity contribution >= 4 is 5.78 Å².